The van der Waals surface area contributed by atoms with Crippen molar-refractivity contribution in [2.75, 3.05) is 20.8 Å². The van der Waals surface area contributed by atoms with Crippen LogP contribution in [-0.2, 0) is 17.9 Å². The van der Waals surface area contributed by atoms with Gasteiger partial charge in [-0.15, -0.1) is 24.0 Å². The van der Waals surface area contributed by atoms with Gasteiger partial charge in [0.25, 0.3) is 0 Å². The van der Waals surface area contributed by atoms with Crippen molar-refractivity contribution < 1.29 is 13.9 Å². The molecule has 1 fully saturated rings. The summed E-state index contributed by atoms with van der Waals surface area (Å²) < 4.78 is 25.1. The van der Waals surface area contributed by atoms with Gasteiger partial charge in [-0.25, -0.2) is 4.39 Å². The lowest BCUT2D eigenvalue weighted by Gasteiger charge is -2.19. The Labute approximate surface area is 195 Å². The molecule has 1 aliphatic rings. The van der Waals surface area contributed by atoms with Crippen LogP contribution >= 0.6 is 24.0 Å². The molecule has 0 saturated heterocycles. The molecule has 0 aliphatic heterocycles. The molecule has 0 heterocycles. The van der Waals surface area contributed by atoms with Gasteiger partial charge in [0, 0.05) is 20.7 Å². The normalized spacial score (nSPS) is 14.6. The van der Waals surface area contributed by atoms with E-state index in [2.05, 4.69) is 39.9 Å². The van der Waals surface area contributed by atoms with Crippen LogP contribution in [0, 0.1) is 11.7 Å². The molecule has 2 N–H and O–H groups in total. The Morgan fingerprint density at radius 2 is 1.87 bits per heavy atom. The summed E-state index contributed by atoms with van der Waals surface area (Å²) in [5, 5.41) is 6.60. The second-order valence-electron chi connectivity index (χ2n) is 7.49. The minimum atomic E-state index is -0.323. The van der Waals surface area contributed by atoms with Gasteiger partial charge in [-0.1, -0.05) is 30.3 Å². The van der Waals surface area contributed by atoms with Crippen molar-refractivity contribution in [3.63, 3.8) is 0 Å². The monoisotopic (exact) mass is 527 g/mol. The molecule has 0 radical (unpaired) electrons. The molecule has 2 aromatic rings. The fourth-order valence-corrected chi connectivity index (χ4v) is 2.98. The van der Waals surface area contributed by atoms with Gasteiger partial charge in [0.05, 0.1) is 19.3 Å². The van der Waals surface area contributed by atoms with Gasteiger partial charge >= 0.3 is 0 Å². The molecular weight excluding hydrogens is 496 g/mol. The Balaban J connectivity index is 0.00000320. The molecule has 3 rings (SSSR count). The van der Waals surface area contributed by atoms with E-state index in [9.17, 15) is 4.39 Å². The number of aliphatic imine (C=N–C) groups is 1. The summed E-state index contributed by atoms with van der Waals surface area (Å²) >= 11 is 0. The van der Waals surface area contributed by atoms with Crippen molar-refractivity contribution in [2.24, 2.45) is 10.9 Å². The van der Waals surface area contributed by atoms with Crippen LogP contribution in [0.3, 0.4) is 0 Å². The summed E-state index contributed by atoms with van der Waals surface area (Å²) in [6, 6.07) is 13.3. The van der Waals surface area contributed by atoms with Crippen molar-refractivity contribution >= 4 is 29.9 Å². The summed E-state index contributed by atoms with van der Waals surface area (Å²) in [7, 11) is 3.41. The average Bonchev–Trinajstić information content (AvgIpc) is 3.55. The van der Waals surface area contributed by atoms with E-state index in [1.165, 1.54) is 18.9 Å². The smallest absolute Gasteiger partial charge is 0.191 e. The van der Waals surface area contributed by atoms with Gasteiger partial charge < -0.3 is 20.1 Å². The van der Waals surface area contributed by atoms with E-state index in [0.29, 0.717) is 37.4 Å². The van der Waals surface area contributed by atoms with E-state index in [0.717, 1.165) is 16.7 Å². The molecule has 7 heteroatoms. The van der Waals surface area contributed by atoms with Crippen LogP contribution in [0.2, 0.25) is 0 Å². The molecule has 0 bridgehead atoms. The Bertz CT molecular complexity index is 826. The first-order chi connectivity index (χ1) is 14.1. The van der Waals surface area contributed by atoms with Gasteiger partial charge in [-0.2, -0.15) is 0 Å². The topological polar surface area (TPSA) is 54.9 Å². The number of halogens is 2. The van der Waals surface area contributed by atoms with Crippen molar-refractivity contribution in [3.05, 3.63) is 65.0 Å². The zero-order chi connectivity index (χ0) is 20.6. The van der Waals surface area contributed by atoms with Gasteiger partial charge in [0.15, 0.2) is 17.5 Å². The largest absolute Gasteiger partial charge is 0.490 e. The van der Waals surface area contributed by atoms with Crippen LogP contribution in [-0.4, -0.2) is 26.7 Å². The number of ether oxygens (including phenoxy) is 2. The summed E-state index contributed by atoms with van der Waals surface area (Å²) in [5.74, 6) is 1.26. The minimum Gasteiger partial charge on any atom is -0.490 e. The third-order valence-electron chi connectivity index (χ3n) is 5.00. The maximum absolute atomic E-state index is 14.3. The molecule has 1 aliphatic carbocycles. The number of hydrogen-bond donors (Lipinski definition) is 2. The van der Waals surface area contributed by atoms with E-state index in [1.54, 1.807) is 20.2 Å². The lowest BCUT2D eigenvalue weighted by atomic mass is 10.1. The number of hydrogen-bond acceptors (Lipinski definition) is 3. The third kappa shape index (κ3) is 7.43. The van der Waals surface area contributed by atoms with E-state index in [1.807, 2.05) is 13.0 Å². The van der Waals surface area contributed by atoms with Crippen molar-refractivity contribution in [2.45, 2.75) is 39.0 Å². The minimum absolute atomic E-state index is 0. The van der Waals surface area contributed by atoms with E-state index < -0.39 is 0 Å². The highest BCUT2D eigenvalue weighted by molar-refractivity contribution is 14.0. The summed E-state index contributed by atoms with van der Waals surface area (Å²) in [5.41, 5.74) is 3.12. The number of nitrogens with one attached hydrogen (secondary N) is 2. The van der Waals surface area contributed by atoms with Crippen molar-refractivity contribution in [1.29, 1.82) is 0 Å². The fraction of sp³-hybridized carbons (Fsp3) is 0.435. The third-order valence-corrected chi connectivity index (χ3v) is 5.00. The number of rotatable bonds is 9. The van der Waals surface area contributed by atoms with Crippen LogP contribution in [0.25, 0.3) is 0 Å². The molecule has 0 amide bonds. The average molecular weight is 527 g/mol. The highest BCUT2D eigenvalue weighted by Crippen LogP contribution is 2.30. The molecule has 2 aromatic carbocycles. The number of methoxy groups -OCH3 is 1. The van der Waals surface area contributed by atoms with Crippen molar-refractivity contribution in [3.8, 4) is 5.75 Å². The maximum atomic E-state index is 14.3. The van der Waals surface area contributed by atoms with Crippen LogP contribution < -0.4 is 15.4 Å². The molecule has 164 valence electrons. The van der Waals surface area contributed by atoms with Crippen LogP contribution in [0.15, 0.2) is 47.5 Å². The molecule has 30 heavy (non-hydrogen) atoms. The Kier molecular flexibility index (Phi) is 9.84. The molecule has 5 nitrogen and oxygen atoms in total. The quantitative estimate of drug-likeness (QED) is 0.280. The Morgan fingerprint density at radius 3 is 2.47 bits per heavy atom. The van der Waals surface area contributed by atoms with Gasteiger partial charge in [-0.05, 0) is 54.5 Å². The van der Waals surface area contributed by atoms with E-state index >= 15 is 0 Å². The van der Waals surface area contributed by atoms with Crippen LogP contribution in [0.1, 0.15) is 42.5 Å². The predicted octanol–water partition coefficient (Wildman–Crippen LogP) is 4.81. The second kappa shape index (κ2) is 12.1. The molecule has 1 unspecified atom stereocenters. The summed E-state index contributed by atoms with van der Waals surface area (Å²) in [6.45, 7) is 3.83. The standard InChI is InChI=1S/C23H30FN3O2.HI/c1-16(20-10-11-22(21(24)12-20)29-15-19-8-9-19)27-23(25-2)26-13-17-4-6-18(7-5-17)14-28-3;/h4-7,10-12,16,19H,8-9,13-15H2,1-3H3,(H2,25,26,27);1H. The first kappa shape index (κ1) is 24.4. The SMILES string of the molecule is CN=C(NCc1ccc(COC)cc1)NC(C)c1ccc(OCC2CC2)c(F)c1.I. The molecule has 1 saturated carbocycles. The van der Waals surface area contributed by atoms with Gasteiger partial charge in [0.2, 0.25) is 0 Å². The first-order valence-corrected chi connectivity index (χ1v) is 10.0. The predicted molar refractivity (Wildman–Crippen MR) is 129 cm³/mol. The number of nitrogens with zero attached hydrogens (tertiary/aromatic N) is 1. The Hall–Kier alpha value is -1.87. The zero-order valence-corrected chi connectivity index (χ0v) is 20.1. The van der Waals surface area contributed by atoms with E-state index in [-0.39, 0.29) is 35.8 Å². The number of benzene rings is 2. The number of guanidine groups is 1. The van der Waals surface area contributed by atoms with Crippen LogP contribution in [0.4, 0.5) is 4.39 Å². The van der Waals surface area contributed by atoms with Gasteiger partial charge in [-0.3, -0.25) is 4.99 Å². The summed E-state index contributed by atoms with van der Waals surface area (Å²) in [6.07, 6.45) is 2.37. The Morgan fingerprint density at radius 1 is 1.17 bits per heavy atom. The highest BCUT2D eigenvalue weighted by atomic mass is 127. The second-order valence-corrected chi connectivity index (χ2v) is 7.49. The van der Waals surface area contributed by atoms with Gasteiger partial charge in [0.1, 0.15) is 0 Å². The zero-order valence-electron chi connectivity index (χ0n) is 17.8. The molecule has 1 atom stereocenters. The first-order valence-electron chi connectivity index (χ1n) is 10.0. The van der Waals surface area contributed by atoms with Crippen molar-refractivity contribution in [1.82, 2.24) is 10.6 Å². The van der Waals surface area contributed by atoms with E-state index in [4.69, 9.17) is 9.47 Å². The van der Waals surface area contributed by atoms with Crippen LogP contribution in [0.5, 0.6) is 5.75 Å². The lowest BCUT2D eigenvalue weighted by Crippen LogP contribution is -2.38. The molecule has 0 aromatic heterocycles. The molecule has 0 spiro atoms. The lowest BCUT2D eigenvalue weighted by molar-refractivity contribution is 0.185. The maximum Gasteiger partial charge on any atom is 0.191 e. The highest BCUT2D eigenvalue weighted by Gasteiger charge is 2.22. The summed E-state index contributed by atoms with van der Waals surface area (Å²) in [4.78, 5) is 4.27. The molecular formula is C23H31FIN3O2. The fourth-order valence-electron chi connectivity index (χ4n) is 2.98.